The van der Waals surface area contributed by atoms with Crippen LogP contribution in [0, 0.1) is 11.8 Å². The number of hydrogen-bond acceptors (Lipinski definition) is 8. The van der Waals surface area contributed by atoms with Crippen molar-refractivity contribution >= 4 is 22.4 Å². The Hall–Kier alpha value is -2.52. The van der Waals surface area contributed by atoms with Gasteiger partial charge in [0.05, 0.1) is 7.11 Å². The molecule has 9 heteroatoms. The zero-order valence-electron chi connectivity index (χ0n) is 16.2. The monoisotopic (exact) mass is 416 g/mol. The van der Waals surface area contributed by atoms with Crippen LogP contribution in [0.4, 0.5) is 5.13 Å². The Morgan fingerprint density at radius 2 is 2.14 bits per heavy atom. The maximum Gasteiger partial charge on any atom is 0.271 e. The summed E-state index contributed by atoms with van der Waals surface area (Å²) < 4.78 is 16.5. The van der Waals surface area contributed by atoms with Crippen molar-refractivity contribution in [3.63, 3.8) is 0 Å². The lowest BCUT2D eigenvalue weighted by Crippen LogP contribution is -2.52. The molecule has 3 aliphatic rings. The summed E-state index contributed by atoms with van der Waals surface area (Å²) in [6.45, 7) is 2.97. The third kappa shape index (κ3) is 3.49. The van der Waals surface area contributed by atoms with E-state index in [4.69, 9.17) is 19.9 Å². The molecule has 0 spiro atoms. The minimum atomic E-state index is -0.117. The number of nitrogens with one attached hydrogen (secondary N) is 1. The zero-order chi connectivity index (χ0) is 20.0. The number of amides is 1. The van der Waals surface area contributed by atoms with E-state index in [1.165, 1.54) is 11.3 Å². The van der Waals surface area contributed by atoms with E-state index in [1.807, 2.05) is 12.1 Å². The van der Waals surface area contributed by atoms with Crippen LogP contribution >= 0.6 is 11.3 Å². The quantitative estimate of drug-likeness (QED) is 0.770. The van der Waals surface area contributed by atoms with Gasteiger partial charge in [0, 0.05) is 31.1 Å². The highest BCUT2D eigenvalue weighted by atomic mass is 32.1. The van der Waals surface area contributed by atoms with Crippen LogP contribution in [0.15, 0.2) is 17.5 Å². The number of likely N-dealkylation sites (tertiary alicyclic amines) is 1. The first-order chi connectivity index (χ1) is 14.1. The predicted octanol–water partition coefficient (Wildman–Crippen LogP) is 2.10. The number of piperidine rings is 1. The first kappa shape index (κ1) is 18.5. The summed E-state index contributed by atoms with van der Waals surface area (Å²) in [5.41, 5.74) is 7.22. The number of nitrogen functional groups attached to an aromatic ring is 1. The van der Waals surface area contributed by atoms with Gasteiger partial charge in [0.2, 0.25) is 12.5 Å². The Morgan fingerprint density at radius 3 is 2.83 bits per heavy atom. The molecule has 1 aliphatic carbocycles. The van der Waals surface area contributed by atoms with Gasteiger partial charge in [-0.25, -0.2) is 4.98 Å². The van der Waals surface area contributed by atoms with Crippen molar-refractivity contribution in [1.82, 2.24) is 15.2 Å². The molecular weight excluding hydrogens is 392 g/mol. The molecule has 8 nitrogen and oxygen atoms in total. The van der Waals surface area contributed by atoms with Crippen LogP contribution in [0.25, 0.3) is 0 Å². The lowest BCUT2D eigenvalue weighted by Gasteiger charge is -2.38. The van der Waals surface area contributed by atoms with Gasteiger partial charge >= 0.3 is 0 Å². The van der Waals surface area contributed by atoms with Crippen molar-refractivity contribution in [3.05, 3.63) is 28.8 Å². The summed E-state index contributed by atoms with van der Waals surface area (Å²) in [4.78, 5) is 19.1. The SMILES string of the molecule is COc1cc(CN2C[C@H]3CC[C@@H](C2)C3NC(=O)c2csc(N)n2)cc2c1OCO2. The fraction of sp³-hybridized carbons (Fsp3) is 0.500. The van der Waals surface area contributed by atoms with Gasteiger partial charge in [0.15, 0.2) is 16.6 Å². The molecule has 0 radical (unpaired) electrons. The number of hydrogen-bond donors (Lipinski definition) is 2. The molecule has 2 aromatic rings. The molecule has 1 unspecified atom stereocenters. The van der Waals surface area contributed by atoms with Gasteiger partial charge in [0.25, 0.3) is 5.91 Å². The van der Waals surface area contributed by atoms with Crippen molar-refractivity contribution in [2.75, 3.05) is 32.7 Å². The van der Waals surface area contributed by atoms with Crippen molar-refractivity contribution in [2.24, 2.45) is 11.8 Å². The molecule has 29 heavy (non-hydrogen) atoms. The summed E-state index contributed by atoms with van der Waals surface area (Å²) in [6, 6.07) is 4.26. The molecule has 3 N–H and O–H groups in total. The average molecular weight is 417 g/mol. The van der Waals surface area contributed by atoms with Crippen LogP contribution in [0.3, 0.4) is 0 Å². The number of thiazole rings is 1. The Bertz CT molecular complexity index is 919. The van der Waals surface area contributed by atoms with Crippen LogP contribution in [-0.2, 0) is 6.54 Å². The average Bonchev–Trinajstić information content (AvgIpc) is 3.40. The standard InChI is InChI=1S/C20H24N4O4S/c1-26-15-4-11(5-16-18(15)28-10-27-16)6-24-7-12-2-3-13(8-24)17(12)23-19(25)14-9-29-20(21)22-14/h4-5,9,12-13,17H,2-3,6-8,10H2,1H3,(H2,21,22)(H,23,25)/t12-,13+,17?. The van der Waals surface area contributed by atoms with E-state index in [1.54, 1.807) is 12.5 Å². The molecule has 1 aromatic carbocycles. The van der Waals surface area contributed by atoms with Crippen molar-refractivity contribution in [2.45, 2.75) is 25.4 Å². The molecule has 2 aliphatic heterocycles. The molecule has 3 heterocycles. The van der Waals surface area contributed by atoms with E-state index in [0.717, 1.165) is 43.8 Å². The lowest BCUT2D eigenvalue weighted by molar-refractivity contribution is 0.0820. The maximum absolute atomic E-state index is 12.5. The van der Waals surface area contributed by atoms with E-state index in [9.17, 15) is 4.79 Å². The summed E-state index contributed by atoms with van der Waals surface area (Å²) in [7, 11) is 1.64. The molecule has 154 valence electrons. The van der Waals surface area contributed by atoms with Crippen LogP contribution in [0.1, 0.15) is 28.9 Å². The van der Waals surface area contributed by atoms with Gasteiger partial charge in [-0.3, -0.25) is 9.69 Å². The zero-order valence-corrected chi connectivity index (χ0v) is 17.0. The number of anilines is 1. The summed E-state index contributed by atoms with van der Waals surface area (Å²) >= 11 is 1.29. The smallest absolute Gasteiger partial charge is 0.271 e. The third-order valence-corrected chi connectivity index (χ3v) is 6.76. The van der Waals surface area contributed by atoms with E-state index in [-0.39, 0.29) is 18.7 Å². The fourth-order valence-corrected chi connectivity index (χ4v) is 5.38. The Morgan fingerprint density at radius 1 is 1.34 bits per heavy atom. The minimum absolute atomic E-state index is 0.117. The second-order valence-corrected chi connectivity index (χ2v) is 8.78. The van der Waals surface area contributed by atoms with Gasteiger partial charge in [-0.2, -0.15) is 0 Å². The van der Waals surface area contributed by atoms with Gasteiger partial charge < -0.3 is 25.3 Å². The lowest BCUT2D eigenvalue weighted by atomic mass is 9.91. The summed E-state index contributed by atoms with van der Waals surface area (Å²) in [5, 5.41) is 5.35. The predicted molar refractivity (Wildman–Crippen MR) is 108 cm³/mol. The van der Waals surface area contributed by atoms with Crippen molar-refractivity contribution < 1.29 is 19.0 Å². The number of nitrogens with zero attached hydrogens (tertiary/aromatic N) is 2. The minimum Gasteiger partial charge on any atom is -0.493 e. The highest BCUT2D eigenvalue weighted by Gasteiger charge is 2.43. The van der Waals surface area contributed by atoms with Gasteiger partial charge in [-0.05, 0) is 42.4 Å². The van der Waals surface area contributed by atoms with Crippen LogP contribution in [-0.4, -0.2) is 48.8 Å². The van der Waals surface area contributed by atoms with E-state index in [0.29, 0.717) is 34.2 Å². The molecular formula is C20H24N4O4S. The van der Waals surface area contributed by atoms with Crippen LogP contribution in [0.5, 0.6) is 17.2 Å². The Kier molecular flexibility index (Phi) is 4.71. The summed E-state index contributed by atoms with van der Waals surface area (Å²) in [6.07, 6.45) is 2.27. The Labute approximate surface area is 172 Å². The maximum atomic E-state index is 12.5. The summed E-state index contributed by atoms with van der Waals surface area (Å²) in [5.74, 6) is 2.91. The molecule has 1 saturated heterocycles. The van der Waals surface area contributed by atoms with Crippen molar-refractivity contribution in [1.29, 1.82) is 0 Å². The number of aromatic nitrogens is 1. The second-order valence-electron chi connectivity index (χ2n) is 7.89. The Balaban J connectivity index is 1.25. The normalized spacial score (nSPS) is 25.2. The van der Waals surface area contributed by atoms with Gasteiger partial charge in [-0.15, -0.1) is 11.3 Å². The number of nitrogens with two attached hydrogens (primary N) is 1. The number of rotatable bonds is 5. The number of carbonyl (C=O) groups is 1. The number of ether oxygens (including phenoxy) is 3. The number of carbonyl (C=O) groups excluding carboxylic acids is 1. The molecule has 2 fully saturated rings. The third-order valence-electron chi connectivity index (χ3n) is 6.09. The first-order valence-corrected chi connectivity index (χ1v) is 10.7. The van der Waals surface area contributed by atoms with Crippen LogP contribution < -0.4 is 25.3 Å². The highest BCUT2D eigenvalue weighted by Crippen LogP contribution is 2.43. The van der Waals surface area contributed by atoms with Crippen LogP contribution in [0.2, 0.25) is 0 Å². The van der Waals surface area contributed by atoms with E-state index >= 15 is 0 Å². The van der Waals surface area contributed by atoms with Gasteiger partial charge in [0.1, 0.15) is 5.69 Å². The molecule has 3 atom stereocenters. The topological polar surface area (TPSA) is 98.9 Å². The van der Waals surface area contributed by atoms with Crippen molar-refractivity contribution in [3.8, 4) is 17.2 Å². The number of fused-ring (bicyclic) bond motifs is 3. The molecule has 1 amide bonds. The first-order valence-electron chi connectivity index (χ1n) is 9.81. The number of methoxy groups -OCH3 is 1. The highest BCUT2D eigenvalue weighted by molar-refractivity contribution is 7.13. The molecule has 2 bridgehead atoms. The molecule has 5 rings (SSSR count). The number of benzene rings is 1. The second kappa shape index (κ2) is 7.38. The van der Waals surface area contributed by atoms with Gasteiger partial charge in [-0.1, -0.05) is 0 Å². The van der Waals surface area contributed by atoms with E-state index in [2.05, 4.69) is 15.2 Å². The fourth-order valence-electron chi connectivity index (χ4n) is 4.84. The van der Waals surface area contributed by atoms with E-state index < -0.39 is 0 Å². The molecule has 1 saturated carbocycles. The largest absolute Gasteiger partial charge is 0.493 e. The molecule has 1 aromatic heterocycles.